The van der Waals surface area contributed by atoms with Crippen LogP contribution >= 0.6 is 11.6 Å². The minimum absolute atomic E-state index is 0.0178. The molecule has 1 fully saturated rings. The van der Waals surface area contributed by atoms with Gasteiger partial charge < -0.3 is 14.8 Å². The van der Waals surface area contributed by atoms with Crippen LogP contribution < -0.4 is 10.1 Å². The zero-order chi connectivity index (χ0) is 24.0. The highest BCUT2D eigenvalue weighted by Crippen LogP contribution is 2.32. The molecular weight excluding hydrogens is 468 g/mol. The third-order valence-electron chi connectivity index (χ3n) is 5.37. The number of carbonyl (C=O) groups excluding carboxylic acids is 2. The van der Waals surface area contributed by atoms with E-state index in [1.54, 1.807) is 37.3 Å². The fourth-order valence-corrected chi connectivity index (χ4v) is 5.64. The Morgan fingerprint density at radius 1 is 1.18 bits per heavy atom. The first-order valence-electron chi connectivity index (χ1n) is 10.6. The Hall–Kier alpha value is -2.62. The number of rotatable bonds is 8. The first kappa shape index (κ1) is 25.0. The van der Waals surface area contributed by atoms with Crippen LogP contribution in [0.25, 0.3) is 0 Å². The second kappa shape index (κ2) is 11.0. The SMILES string of the molecule is CCOC(=O)Cc1ccc(NC(=O)C2CCCN(S(=O)(=O)c3cc(Cl)ccc3OC)C2)cc1. The normalized spacial score (nSPS) is 16.8. The quantitative estimate of drug-likeness (QED) is 0.563. The van der Waals surface area contributed by atoms with Crippen LogP contribution in [0.2, 0.25) is 5.02 Å². The number of halogens is 1. The topological polar surface area (TPSA) is 102 Å². The molecule has 33 heavy (non-hydrogen) atoms. The molecule has 1 aliphatic heterocycles. The summed E-state index contributed by atoms with van der Waals surface area (Å²) in [5, 5.41) is 3.12. The van der Waals surface area contributed by atoms with E-state index in [-0.39, 0.29) is 40.5 Å². The van der Waals surface area contributed by atoms with Crippen LogP contribution in [0, 0.1) is 5.92 Å². The molecule has 8 nitrogen and oxygen atoms in total. The monoisotopic (exact) mass is 494 g/mol. The Bertz CT molecular complexity index is 1100. The number of nitrogens with zero attached hydrogens (tertiary/aromatic N) is 1. The van der Waals surface area contributed by atoms with Crippen LogP contribution in [0.4, 0.5) is 5.69 Å². The second-order valence-electron chi connectivity index (χ2n) is 7.67. The average molecular weight is 495 g/mol. The van der Waals surface area contributed by atoms with Crippen molar-refractivity contribution in [2.45, 2.75) is 31.1 Å². The number of esters is 1. The highest BCUT2D eigenvalue weighted by atomic mass is 35.5. The lowest BCUT2D eigenvalue weighted by atomic mass is 9.98. The van der Waals surface area contributed by atoms with Crippen molar-refractivity contribution >= 4 is 39.2 Å². The lowest BCUT2D eigenvalue weighted by Gasteiger charge is -2.31. The van der Waals surface area contributed by atoms with Crippen LogP contribution in [0.1, 0.15) is 25.3 Å². The van der Waals surface area contributed by atoms with Crippen molar-refractivity contribution in [3.8, 4) is 5.75 Å². The highest BCUT2D eigenvalue weighted by molar-refractivity contribution is 7.89. The van der Waals surface area contributed by atoms with Crippen molar-refractivity contribution in [2.75, 3.05) is 32.1 Å². The Kier molecular flexibility index (Phi) is 8.34. The van der Waals surface area contributed by atoms with Gasteiger partial charge in [0.1, 0.15) is 10.6 Å². The van der Waals surface area contributed by atoms with Gasteiger partial charge in [0.2, 0.25) is 15.9 Å². The van der Waals surface area contributed by atoms with Crippen LogP contribution in [0.5, 0.6) is 5.75 Å². The molecule has 10 heteroatoms. The van der Waals surface area contributed by atoms with Crippen molar-refractivity contribution < 1.29 is 27.5 Å². The second-order valence-corrected chi connectivity index (χ2v) is 10.0. The Morgan fingerprint density at radius 3 is 2.58 bits per heavy atom. The molecule has 1 unspecified atom stereocenters. The van der Waals surface area contributed by atoms with Gasteiger partial charge in [-0.1, -0.05) is 23.7 Å². The number of benzene rings is 2. The molecule has 0 aliphatic carbocycles. The highest BCUT2D eigenvalue weighted by Gasteiger charge is 2.35. The van der Waals surface area contributed by atoms with Crippen molar-refractivity contribution in [1.29, 1.82) is 0 Å². The molecule has 0 saturated carbocycles. The van der Waals surface area contributed by atoms with Crippen LogP contribution in [-0.2, 0) is 30.8 Å². The summed E-state index contributed by atoms with van der Waals surface area (Å²) in [5.41, 5.74) is 1.35. The lowest BCUT2D eigenvalue weighted by Crippen LogP contribution is -2.43. The summed E-state index contributed by atoms with van der Waals surface area (Å²) in [7, 11) is -2.49. The maximum atomic E-state index is 13.2. The number of hydrogen-bond acceptors (Lipinski definition) is 6. The molecule has 1 N–H and O–H groups in total. The van der Waals surface area contributed by atoms with E-state index in [0.717, 1.165) is 5.56 Å². The summed E-state index contributed by atoms with van der Waals surface area (Å²) in [6.45, 7) is 2.44. The van der Waals surface area contributed by atoms with E-state index in [4.69, 9.17) is 21.1 Å². The number of anilines is 1. The number of amides is 1. The predicted molar refractivity (Wildman–Crippen MR) is 125 cm³/mol. The number of piperidine rings is 1. The number of carbonyl (C=O) groups is 2. The van der Waals surface area contributed by atoms with E-state index in [0.29, 0.717) is 31.7 Å². The van der Waals surface area contributed by atoms with Gasteiger partial charge in [0.25, 0.3) is 0 Å². The largest absolute Gasteiger partial charge is 0.495 e. The van der Waals surface area contributed by atoms with E-state index < -0.39 is 15.9 Å². The summed E-state index contributed by atoms with van der Waals surface area (Å²) >= 11 is 6.01. The molecule has 178 valence electrons. The van der Waals surface area contributed by atoms with Crippen molar-refractivity contribution in [3.05, 3.63) is 53.1 Å². The third-order valence-corrected chi connectivity index (χ3v) is 7.50. The molecule has 0 aromatic heterocycles. The van der Waals surface area contributed by atoms with Gasteiger partial charge >= 0.3 is 5.97 Å². The molecule has 0 radical (unpaired) electrons. The minimum Gasteiger partial charge on any atom is -0.495 e. The Balaban J connectivity index is 1.67. The summed E-state index contributed by atoms with van der Waals surface area (Å²) < 4.78 is 37.9. The molecule has 0 bridgehead atoms. The van der Waals surface area contributed by atoms with Gasteiger partial charge in [0.05, 0.1) is 26.1 Å². The molecular formula is C23H27ClN2O6S. The molecule has 2 aromatic carbocycles. The van der Waals surface area contributed by atoms with E-state index >= 15 is 0 Å². The molecule has 1 aliphatic rings. The van der Waals surface area contributed by atoms with Gasteiger partial charge in [0.15, 0.2) is 0 Å². The summed E-state index contributed by atoms with van der Waals surface area (Å²) in [4.78, 5) is 24.4. The fraction of sp³-hybridized carbons (Fsp3) is 0.391. The smallest absolute Gasteiger partial charge is 0.310 e. The molecule has 1 heterocycles. The molecule has 3 rings (SSSR count). The molecule has 0 spiro atoms. The van der Waals surface area contributed by atoms with E-state index in [2.05, 4.69) is 5.32 Å². The maximum Gasteiger partial charge on any atom is 0.310 e. The zero-order valence-corrected chi connectivity index (χ0v) is 20.1. The van der Waals surface area contributed by atoms with Crippen molar-refractivity contribution in [1.82, 2.24) is 4.31 Å². The summed E-state index contributed by atoms with van der Waals surface area (Å²) in [5.74, 6) is -0.868. The fourth-order valence-electron chi connectivity index (χ4n) is 3.69. The Labute approximate surface area is 198 Å². The van der Waals surface area contributed by atoms with Crippen LogP contribution in [0.3, 0.4) is 0 Å². The summed E-state index contributed by atoms with van der Waals surface area (Å²) in [6.07, 6.45) is 1.29. The van der Waals surface area contributed by atoms with Crippen molar-refractivity contribution in [2.24, 2.45) is 5.92 Å². The maximum absolute atomic E-state index is 13.2. The van der Waals surface area contributed by atoms with Crippen LogP contribution in [-0.4, -0.2) is 51.4 Å². The van der Waals surface area contributed by atoms with Crippen LogP contribution in [0.15, 0.2) is 47.4 Å². The number of methoxy groups -OCH3 is 1. The summed E-state index contributed by atoms with van der Waals surface area (Å²) in [6, 6.07) is 11.3. The zero-order valence-electron chi connectivity index (χ0n) is 18.5. The van der Waals surface area contributed by atoms with Gasteiger partial charge in [-0.05, 0) is 55.7 Å². The molecule has 2 aromatic rings. The molecule has 1 saturated heterocycles. The molecule has 1 amide bonds. The van der Waals surface area contributed by atoms with Gasteiger partial charge in [-0.3, -0.25) is 9.59 Å². The van der Waals surface area contributed by atoms with Crippen molar-refractivity contribution in [3.63, 3.8) is 0 Å². The predicted octanol–water partition coefficient (Wildman–Crippen LogP) is 3.49. The minimum atomic E-state index is -3.89. The number of nitrogens with one attached hydrogen (secondary N) is 1. The average Bonchev–Trinajstić information content (AvgIpc) is 2.80. The number of hydrogen-bond donors (Lipinski definition) is 1. The number of sulfonamides is 1. The van der Waals surface area contributed by atoms with Gasteiger partial charge in [-0.25, -0.2) is 8.42 Å². The first-order valence-corrected chi connectivity index (χ1v) is 12.5. The molecule has 1 atom stereocenters. The van der Waals surface area contributed by atoms with Gasteiger partial charge in [-0.2, -0.15) is 4.31 Å². The van der Waals surface area contributed by atoms with Gasteiger partial charge in [0, 0.05) is 23.8 Å². The van der Waals surface area contributed by atoms with E-state index in [1.165, 1.54) is 23.5 Å². The van der Waals surface area contributed by atoms with E-state index in [1.807, 2.05) is 0 Å². The van der Waals surface area contributed by atoms with Gasteiger partial charge in [-0.15, -0.1) is 0 Å². The lowest BCUT2D eigenvalue weighted by molar-refractivity contribution is -0.142. The Morgan fingerprint density at radius 2 is 1.91 bits per heavy atom. The standard InChI is InChI=1S/C23H27ClN2O6S/c1-3-32-22(27)13-16-6-9-19(10-7-16)25-23(28)17-5-4-12-26(15-17)33(29,30)21-14-18(24)8-11-20(21)31-2/h6-11,14,17H,3-5,12-13,15H2,1-2H3,(H,25,28). The number of ether oxygens (including phenoxy) is 2. The first-order chi connectivity index (χ1) is 15.7. The third kappa shape index (κ3) is 6.25. The van der Waals surface area contributed by atoms with E-state index in [9.17, 15) is 18.0 Å².